The van der Waals surface area contributed by atoms with E-state index in [0.29, 0.717) is 12.3 Å². The van der Waals surface area contributed by atoms with E-state index in [0.717, 1.165) is 11.5 Å². The van der Waals surface area contributed by atoms with Gasteiger partial charge in [-0.1, -0.05) is 28.9 Å². The van der Waals surface area contributed by atoms with Crippen LogP contribution in [0.15, 0.2) is 11.2 Å². The first-order valence-corrected chi connectivity index (χ1v) is 8.29. The average Bonchev–Trinajstić information content (AvgIpc) is 2.95. The van der Waals surface area contributed by atoms with E-state index in [1.165, 1.54) is 16.4 Å². The minimum atomic E-state index is -2.65. The first-order chi connectivity index (χ1) is 10.3. The van der Waals surface area contributed by atoms with Crippen LogP contribution in [0, 0.1) is 0 Å². The van der Waals surface area contributed by atoms with Crippen molar-refractivity contribution in [3.05, 3.63) is 22.5 Å². The number of hydrogen-bond acceptors (Lipinski definition) is 4. The predicted molar refractivity (Wildman–Crippen MR) is 86.6 cm³/mol. The molecule has 0 bridgehead atoms. The highest BCUT2D eigenvalue weighted by Crippen LogP contribution is 2.30. The van der Waals surface area contributed by atoms with Gasteiger partial charge in [0.1, 0.15) is 21.5 Å². The summed E-state index contributed by atoms with van der Waals surface area (Å²) >= 11 is 7.60. The molecule has 2 heterocycles. The lowest BCUT2D eigenvalue weighted by atomic mass is 10.1. The van der Waals surface area contributed by atoms with Crippen molar-refractivity contribution >= 4 is 34.5 Å². The lowest BCUT2D eigenvalue weighted by Gasteiger charge is -2.12. The molecule has 8 heteroatoms. The number of nitrogens with zero attached hydrogens (tertiary/aromatic N) is 3. The number of rotatable bonds is 5. The molecule has 1 aliphatic heterocycles. The molecule has 0 fully saturated rings. The number of aromatic nitrogens is 2. The van der Waals surface area contributed by atoms with Crippen molar-refractivity contribution in [2.75, 3.05) is 5.75 Å². The number of aryl methyl sites for hydroxylation is 1. The fraction of sp³-hybridized carbons (Fsp3) is 0.571. The van der Waals surface area contributed by atoms with Crippen molar-refractivity contribution in [1.82, 2.24) is 9.78 Å². The van der Waals surface area contributed by atoms with Crippen molar-refractivity contribution in [2.45, 2.75) is 45.8 Å². The second-order valence-electron chi connectivity index (χ2n) is 5.43. The van der Waals surface area contributed by atoms with Crippen molar-refractivity contribution in [1.29, 1.82) is 0 Å². The first kappa shape index (κ1) is 17.3. The summed E-state index contributed by atoms with van der Waals surface area (Å²) in [5.74, 6) is 0.606. The first-order valence-electron chi connectivity index (χ1n) is 6.93. The molecule has 0 amide bonds. The molecule has 0 saturated heterocycles. The lowest BCUT2D eigenvalue weighted by molar-refractivity contribution is 0.0123. The molecule has 0 spiro atoms. The fourth-order valence-corrected chi connectivity index (χ4v) is 3.23. The van der Waals surface area contributed by atoms with E-state index in [2.05, 4.69) is 10.3 Å². The maximum atomic E-state index is 13.0. The number of oxime groups is 1. The van der Waals surface area contributed by atoms with Crippen LogP contribution in [-0.4, -0.2) is 26.2 Å². The Morgan fingerprint density at radius 1 is 1.50 bits per heavy atom. The Morgan fingerprint density at radius 3 is 2.77 bits per heavy atom. The highest BCUT2D eigenvalue weighted by molar-refractivity contribution is 8.14. The highest BCUT2D eigenvalue weighted by Gasteiger charge is 2.28. The van der Waals surface area contributed by atoms with Crippen LogP contribution in [0.2, 0.25) is 5.15 Å². The average molecular weight is 350 g/mol. The molecule has 0 saturated carbocycles. The third-order valence-corrected chi connectivity index (χ3v) is 4.37. The number of thioether (sulfide) groups is 1. The summed E-state index contributed by atoms with van der Waals surface area (Å²) in [6, 6.07) is 0. The maximum Gasteiger partial charge on any atom is 0.282 e. The minimum absolute atomic E-state index is 0.238. The van der Waals surface area contributed by atoms with Crippen LogP contribution >= 0.6 is 23.4 Å². The molecule has 4 nitrogen and oxygen atoms in total. The Balaban J connectivity index is 2.00. The van der Waals surface area contributed by atoms with Crippen LogP contribution in [0.3, 0.4) is 0 Å². The van der Waals surface area contributed by atoms with Crippen LogP contribution in [-0.2, 0) is 11.4 Å². The zero-order valence-corrected chi connectivity index (χ0v) is 14.2. The van der Waals surface area contributed by atoms with Crippen molar-refractivity contribution in [2.24, 2.45) is 5.16 Å². The van der Waals surface area contributed by atoms with Crippen molar-refractivity contribution in [3.63, 3.8) is 0 Å². The standard InChI is InChI=1S/C14H18ClF2N3OS/c1-4-20-12(15)9(11(18-20)13(16)17)6-5-7-22-10-8-14(2,3)21-19-10/h5-6,13H,4,7-8H2,1-3H3. The zero-order valence-electron chi connectivity index (χ0n) is 12.6. The van der Waals surface area contributed by atoms with Crippen LogP contribution in [0.25, 0.3) is 6.08 Å². The summed E-state index contributed by atoms with van der Waals surface area (Å²) in [6.07, 6.45) is 1.48. The molecule has 0 N–H and O–H groups in total. The predicted octanol–water partition coefficient (Wildman–Crippen LogP) is 4.75. The molecule has 2 rings (SSSR count). The molecule has 0 atom stereocenters. The molecule has 1 aromatic rings. The molecule has 1 aliphatic rings. The SMILES string of the molecule is CCn1nc(C(F)F)c(C=CCSC2=NOC(C)(C)C2)c1Cl. The zero-order chi connectivity index (χ0) is 16.3. The fourth-order valence-electron chi connectivity index (χ4n) is 1.99. The van der Waals surface area contributed by atoms with E-state index in [1.807, 2.05) is 13.8 Å². The summed E-state index contributed by atoms with van der Waals surface area (Å²) in [5, 5.41) is 8.97. The number of alkyl halides is 2. The summed E-state index contributed by atoms with van der Waals surface area (Å²) in [6.45, 7) is 6.18. The van der Waals surface area contributed by atoms with Gasteiger partial charge in [0.15, 0.2) is 0 Å². The molecule has 1 aromatic heterocycles. The van der Waals surface area contributed by atoms with Crippen LogP contribution in [0.5, 0.6) is 0 Å². The molecule has 0 radical (unpaired) electrons. The third-order valence-electron chi connectivity index (χ3n) is 3.06. The Morgan fingerprint density at radius 2 is 2.23 bits per heavy atom. The van der Waals surface area contributed by atoms with Gasteiger partial charge in [0.05, 0.1) is 0 Å². The van der Waals surface area contributed by atoms with Gasteiger partial charge >= 0.3 is 0 Å². The molecule has 0 unspecified atom stereocenters. The van der Waals surface area contributed by atoms with Crippen molar-refractivity contribution in [3.8, 4) is 0 Å². The molecule has 0 aromatic carbocycles. The van der Waals surface area contributed by atoms with Crippen LogP contribution in [0.4, 0.5) is 8.78 Å². The second kappa shape index (κ2) is 7.00. The van der Waals surface area contributed by atoms with Gasteiger partial charge in [0.25, 0.3) is 6.43 Å². The van der Waals surface area contributed by atoms with Crippen molar-refractivity contribution < 1.29 is 13.6 Å². The molecule has 122 valence electrons. The Kier molecular flexibility index (Phi) is 5.50. The number of halogens is 3. The summed E-state index contributed by atoms with van der Waals surface area (Å²) in [7, 11) is 0. The normalized spacial score (nSPS) is 17.3. The van der Waals surface area contributed by atoms with Gasteiger partial charge in [-0.3, -0.25) is 4.68 Å². The Hall–Kier alpha value is -1.08. The number of hydrogen-bond donors (Lipinski definition) is 0. The molecular weight excluding hydrogens is 332 g/mol. The Bertz CT molecular complexity index is 599. The van der Waals surface area contributed by atoms with Gasteiger partial charge in [-0.2, -0.15) is 5.10 Å². The van der Waals surface area contributed by atoms with Gasteiger partial charge in [0, 0.05) is 24.3 Å². The van der Waals surface area contributed by atoms with Crippen LogP contribution < -0.4 is 0 Å². The lowest BCUT2D eigenvalue weighted by Crippen LogP contribution is -2.18. The van der Waals surface area contributed by atoms with Gasteiger partial charge in [-0.05, 0) is 20.8 Å². The van der Waals surface area contributed by atoms with Gasteiger partial charge in [-0.15, -0.1) is 11.8 Å². The van der Waals surface area contributed by atoms with Gasteiger partial charge in [-0.25, -0.2) is 8.78 Å². The third kappa shape index (κ3) is 4.01. The largest absolute Gasteiger partial charge is 0.389 e. The Labute approximate surface area is 137 Å². The van der Waals surface area contributed by atoms with Crippen LogP contribution in [0.1, 0.15) is 44.9 Å². The van der Waals surface area contributed by atoms with E-state index < -0.39 is 6.43 Å². The van der Waals surface area contributed by atoms with E-state index in [1.54, 1.807) is 19.1 Å². The minimum Gasteiger partial charge on any atom is -0.389 e. The summed E-state index contributed by atoms with van der Waals surface area (Å²) in [5.41, 5.74) is -0.264. The summed E-state index contributed by atoms with van der Waals surface area (Å²) < 4.78 is 27.3. The molecule has 22 heavy (non-hydrogen) atoms. The van der Waals surface area contributed by atoms with E-state index >= 15 is 0 Å². The van der Waals surface area contributed by atoms with E-state index in [9.17, 15) is 8.78 Å². The topological polar surface area (TPSA) is 39.4 Å². The second-order valence-corrected chi connectivity index (χ2v) is 6.88. The monoisotopic (exact) mass is 349 g/mol. The van der Waals surface area contributed by atoms with Gasteiger partial charge < -0.3 is 4.84 Å². The smallest absolute Gasteiger partial charge is 0.282 e. The quantitative estimate of drug-likeness (QED) is 0.769. The van der Waals surface area contributed by atoms with E-state index in [4.69, 9.17) is 16.4 Å². The summed E-state index contributed by atoms with van der Waals surface area (Å²) in [4.78, 5) is 5.27. The molecule has 0 aliphatic carbocycles. The van der Waals surface area contributed by atoms with E-state index in [-0.39, 0.29) is 22.0 Å². The van der Waals surface area contributed by atoms with Gasteiger partial charge in [0.2, 0.25) is 0 Å². The highest BCUT2D eigenvalue weighted by atomic mass is 35.5. The molecular formula is C14H18ClF2N3OS. The maximum absolute atomic E-state index is 13.0.